The van der Waals surface area contributed by atoms with Crippen LogP contribution in [0.25, 0.3) is 0 Å². The molecule has 0 aromatic rings. The van der Waals surface area contributed by atoms with Crippen LogP contribution in [0.3, 0.4) is 0 Å². The summed E-state index contributed by atoms with van der Waals surface area (Å²) in [5, 5.41) is 3.84. The lowest BCUT2D eigenvalue weighted by Crippen LogP contribution is -2.67. The molecule has 0 aromatic carbocycles. The van der Waals surface area contributed by atoms with Gasteiger partial charge in [0, 0.05) is 30.7 Å². The van der Waals surface area contributed by atoms with E-state index in [0.717, 1.165) is 12.1 Å². The minimum Gasteiger partial charge on any atom is -0.311 e. The molecule has 1 aliphatic heterocycles. The fourth-order valence-corrected chi connectivity index (χ4v) is 4.63. The van der Waals surface area contributed by atoms with Gasteiger partial charge >= 0.3 is 0 Å². The normalized spacial score (nSPS) is 34.2. The van der Waals surface area contributed by atoms with Crippen molar-refractivity contribution in [2.75, 3.05) is 13.1 Å². The topological polar surface area (TPSA) is 15.3 Å². The van der Waals surface area contributed by atoms with Gasteiger partial charge < -0.3 is 5.32 Å². The van der Waals surface area contributed by atoms with Crippen LogP contribution in [0.5, 0.6) is 0 Å². The third-order valence-electron chi connectivity index (χ3n) is 5.79. The van der Waals surface area contributed by atoms with E-state index in [1.54, 1.807) is 0 Å². The molecule has 3 aliphatic rings. The van der Waals surface area contributed by atoms with E-state index < -0.39 is 0 Å². The van der Waals surface area contributed by atoms with E-state index in [0.29, 0.717) is 5.54 Å². The Morgan fingerprint density at radius 2 is 1.78 bits per heavy atom. The van der Waals surface area contributed by atoms with Gasteiger partial charge in [-0.05, 0) is 32.1 Å². The zero-order valence-corrected chi connectivity index (χ0v) is 12.1. The highest BCUT2D eigenvalue weighted by Crippen LogP contribution is 2.40. The van der Waals surface area contributed by atoms with Crippen molar-refractivity contribution in [3.8, 4) is 0 Å². The number of rotatable bonds is 2. The molecule has 2 aliphatic carbocycles. The monoisotopic (exact) mass is 250 g/mol. The summed E-state index contributed by atoms with van der Waals surface area (Å²) in [7, 11) is 0. The molecule has 104 valence electrons. The molecular formula is C16H30N2. The molecule has 1 heterocycles. The maximum atomic E-state index is 3.84. The first-order valence-corrected chi connectivity index (χ1v) is 8.34. The Morgan fingerprint density at radius 1 is 1.06 bits per heavy atom. The van der Waals surface area contributed by atoms with Crippen LogP contribution in [0.4, 0.5) is 0 Å². The summed E-state index contributed by atoms with van der Waals surface area (Å²) in [5.74, 6) is 0. The summed E-state index contributed by atoms with van der Waals surface area (Å²) in [6.45, 7) is 4.92. The summed E-state index contributed by atoms with van der Waals surface area (Å²) >= 11 is 0. The largest absolute Gasteiger partial charge is 0.311 e. The molecule has 0 amide bonds. The molecule has 1 unspecified atom stereocenters. The van der Waals surface area contributed by atoms with E-state index in [-0.39, 0.29) is 0 Å². The van der Waals surface area contributed by atoms with Crippen LogP contribution in [-0.2, 0) is 0 Å². The quantitative estimate of drug-likeness (QED) is 0.809. The zero-order valence-electron chi connectivity index (χ0n) is 12.1. The van der Waals surface area contributed by atoms with Crippen LogP contribution in [0, 0.1) is 0 Å². The average Bonchev–Trinajstić information content (AvgIpc) is 2.94. The molecular weight excluding hydrogens is 220 g/mol. The van der Waals surface area contributed by atoms with Gasteiger partial charge in [0.1, 0.15) is 0 Å². The van der Waals surface area contributed by atoms with E-state index in [1.165, 1.54) is 77.3 Å². The summed E-state index contributed by atoms with van der Waals surface area (Å²) < 4.78 is 0. The Hall–Kier alpha value is -0.0800. The van der Waals surface area contributed by atoms with E-state index >= 15 is 0 Å². The molecule has 1 saturated heterocycles. The van der Waals surface area contributed by atoms with Crippen molar-refractivity contribution in [2.45, 2.75) is 88.8 Å². The summed E-state index contributed by atoms with van der Waals surface area (Å²) in [5.41, 5.74) is 0.541. The first kappa shape index (κ1) is 12.9. The van der Waals surface area contributed by atoms with Crippen LogP contribution in [0.15, 0.2) is 0 Å². The molecule has 0 bridgehead atoms. The Bertz CT molecular complexity index is 264. The van der Waals surface area contributed by atoms with Gasteiger partial charge in [-0.15, -0.1) is 0 Å². The average molecular weight is 250 g/mol. The van der Waals surface area contributed by atoms with E-state index in [1.807, 2.05) is 0 Å². The van der Waals surface area contributed by atoms with Gasteiger partial charge in [-0.25, -0.2) is 0 Å². The van der Waals surface area contributed by atoms with Crippen molar-refractivity contribution in [1.29, 1.82) is 0 Å². The van der Waals surface area contributed by atoms with Gasteiger partial charge in [0.25, 0.3) is 0 Å². The van der Waals surface area contributed by atoms with Gasteiger partial charge in [0.05, 0.1) is 0 Å². The number of piperazine rings is 1. The van der Waals surface area contributed by atoms with Crippen LogP contribution in [-0.4, -0.2) is 35.6 Å². The molecule has 3 fully saturated rings. The fourth-order valence-electron chi connectivity index (χ4n) is 4.63. The van der Waals surface area contributed by atoms with Crippen LogP contribution >= 0.6 is 0 Å². The smallest absolute Gasteiger partial charge is 0.0337 e. The van der Waals surface area contributed by atoms with Crippen molar-refractivity contribution in [1.82, 2.24) is 10.2 Å². The fraction of sp³-hybridized carbons (Fsp3) is 1.00. The standard InChI is InChI=1S/C16H30N2/c1-2-14-12-18(15-8-4-5-9-15)16(13-17-14)10-6-3-7-11-16/h14-15,17H,2-13H2,1H3. The second kappa shape index (κ2) is 5.50. The van der Waals surface area contributed by atoms with Crippen LogP contribution < -0.4 is 5.32 Å². The summed E-state index contributed by atoms with van der Waals surface area (Å²) in [4.78, 5) is 2.98. The number of hydrogen-bond donors (Lipinski definition) is 1. The summed E-state index contributed by atoms with van der Waals surface area (Å²) in [6, 6.07) is 1.66. The second-order valence-electron chi connectivity index (χ2n) is 6.86. The van der Waals surface area contributed by atoms with Crippen molar-refractivity contribution < 1.29 is 0 Å². The highest BCUT2D eigenvalue weighted by molar-refractivity contribution is 5.03. The minimum atomic E-state index is 0.541. The van der Waals surface area contributed by atoms with E-state index in [4.69, 9.17) is 0 Å². The molecule has 0 radical (unpaired) electrons. The number of nitrogens with zero attached hydrogens (tertiary/aromatic N) is 1. The third-order valence-corrected chi connectivity index (χ3v) is 5.79. The maximum Gasteiger partial charge on any atom is 0.0337 e. The maximum absolute atomic E-state index is 3.84. The molecule has 3 rings (SSSR count). The predicted molar refractivity (Wildman–Crippen MR) is 76.9 cm³/mol. The van der Waals surface area contributed by atoms with Crippen LogP contribution in [0.1, 0.15) is 71.1 Å². The van der Waals surface area contributed by atoms with Gasteiger partial charge in [0.15, 0.2) is 0 Å². The van der Waals surface area contributed by atoms with Crippen molar-refractivity contribution in [3.05, 3.63) is 0 Å². The summed E-state index contributed by atoms with van der Waals surface area (Å²) in [6.07, 6.45) is 14.5. The number of hydrogen-bond acceptors (Lipinski definition) is 2. The first-order chi connectivity index (χ1) is 8.84. The Balaban J connectivity index is 1.77. The molecule has 2 saturated carbocycles. The molecule has 1 spiro atoms. The lowest BCUT2D eigenvalue weighted by atomic mass is 9.77. The molecule has 2 nitrogen and oxygen atoms in total. The van der Waals surface area contributed by atoms with Gasteiger partial charge in [0.2, 0.25) is 0 Å². The van der Waals surface area contributed by atoms with Gasteiger partial charge in [-0.3, -0.25) is 4.90 Å². The minimum absolute atomic E-state index is 0.541. The molecule has 1 atom stereocenters. The number of nitrogens with one attached hydrogen (secondary N) is 1. The third kappa shape index (κ3) is 2.34. The van der Waals surface area contributed by atoms with Gasteiger partial charge in [-0.1, -0.05) is 39.0 Å². The van der Waals surface area contributed by atoms with E-state index in [9.17, 15) is 0 Å². The molecule has 1 N–H and O–H groups in total. The predicted octanol–water partition coefficient (Wildman–Crippen LogP) is 3.32. The zero-order chi connectivity index (χ0) is 12.4. The van der Waals surface area contributed by atoms with Crippen molar-refractivity contribution in [2.24, 2.45) is 0 Å². The lowest BCUT2D eigenvalue weighted by molar-refractivity contribution is -0.0215. The highest BCUT2D eigenvalue weighted by Gasteiger charge is 2.44. The van der Waals surface area contributed by atoms with Crippen molar-refractivity contribution >= 4 is 0 Å². The Labute approximate surface area is 113 Å². The van der Waals surface area contributed by atoms with Gasteiger partial charge in [-0.2, -0.15) is 0 Å². The second-order valence-corrected chi connectivity index (χ2v) is 6.86. The SMILES string of the molecule is CCC1CN(C2CCCC2)C2(CCCCC2)CN1. The van der Waals surface area contributed by atoms with Crippen molar-refractivity contribution in [3.63, 3.8) is 0 Å². The molecule has 2 heteroatoms. The lowest BCUT2D eigenvalue weighted by Gasteiger charge is -2.54. The van der Waals surface area contributed by atoms with Crippen LogP contribution in [0.2, 0.25) is 0 Å². The highest BCUT2D eigenvalue weighted by atomic mass is 15.3. The van der Waals surface area contributed by atoms with E-state index in [2.05, 4.69) is 17.1 Å². The Morgan fingerprint density at radius 3 is 2.44 bits per heavy atom. The first-order valence-electron chi connectivity index (χ1n) is 8.34. The Kier molecular flexibility index (Phi) is 3.95. The molecule has 18 heavy (non-hydrogen) atoms. The molecule has 0 aromatic heterocycles.